The van der Waals surface area contributed by atoms with E-state index in [0.29, 0.717) is 10.9 Å². The van der Waals surface area contributed by atoms with Gasteiger partial charge in [0.05, 0.1) is 12.7 Å². The molecule has 1 fully saturated rings. The molecule has 0 radical (unpaired) electrons. The quantitative estimate of drug-likeness (QED) is 0.880. The fraction of sp³-hybridized carbons (Fsp3) is 0.600. The summed E-state index contributed by atoms with van der Waals surface area (Å²) in [6, 6.07) is 5.44. The highest BCUT2D eigenvalue weighted by Gasteiger charge is 2.16. The monoisotopic (exact) mass is 268 g/mol. The van der Waals surface area contributed by atoms with Crippen LogP contribution in [-0.4, -0.2) is 11.7 Å². The number of hydrogen-bond acceptors (Lipinski definition) is 2. The second-order valence-electron chi connectivity index (χ2n) is 5.17. The van der Waals surface area contributed by atoms with Gasteiger partial charge >= 0.3 is 0 Å². The van der Waals surface area contributed by atoms with E-state index in [1.165, 1.54) is 32.1 Å². The first-order chi connectivity index (χ1) is 8.66. The molecule has 1 saturated carbocycles. The summed E-state index contributed by atoms with van der Waals surface area (Å²) in [5.41, 5.74) is 0.776. The fourth-order valence-corrected chi connectivity index (χ4v) is 2.72. The standard InChI is InChI=1S/C15H21ClO2/c1-11(17)14-9-13(16)7-8-15(14)18-10-12-5-3-2-4-6-12/h7-9,11-12,17H,2-6,10H2,1H3/t11-/m1/s1. The third-order valence-corrected chi connectivity index (χ3v) is 3.86. The van der Waals surface area contributed by atoms with Gasteiger partial charge in [-0.15, -0.1) is 0 Å². The van der Waals surface area contributed by atoms with Crippen molar-refractivity contribution in [2.75, 3.05) is 6.61 Å². The minimum atomic E-state index is -0.551. The summed E-state index contributed by atoms with van der Waals surface area (Å²) in [5, 5.41) is 10.4. The summed E-state index contributed by atoms with van der Waals surface area (Å²) in [5.74, 6) is 1.43. The van der Waals surface area contributed by atoms with Crippen molar-refractivity contribution in [2.45, 2.75) is 45.1 Å². The zero-order valence-corrected chi connectivity index (χ0v) is 11.6. The van der Waals surface area contributed by atoms with E-state index in [1.807, 2.05) is 12.1 Å². The van der Waals surface area contributed by atoms with E-state index in [4.69, 9.17) is 16.3 Å². The first kappa shape index (κ1) is 13.7. The predicted octanol–water partition coefficient (Wildman–Crippen LogP) is 4.35. The summed E-state index contributed by atoms with van der Waals surface area (Å²) in [4.78, 5) is 0. The zero-order chi connectivity index (χ0) is 13.0. The molecular weight excluding hydrogens is 248 g/mol. The molecular formula is C15H21ClO2. The van der Waals surface area contributed by atoms with Crippen LogP contribution in [-0.2, 0) is 0 Å². The molecule has 1 N–H and O–H groups in total. The van der Waals surface area contributed by atoms with Crippen LogP contribution in [0.1, 0.15) is 50.7 Å². The minimum Gasteiger partial charge on any atom is -0.493 e. The van der Waals surface area contributed by atoms with Crippen molar-refractivity contribution in [3.05, 3.63) is 28.8 Å². The summed E-state index contributed by atoms with van der Waals surface area (Å²) in [7, 11) is 0. The Morgan fingerprint density at radius 1 is 1.33 bits per heavy atom. The number of aliphatic hydroxyl groups excluding tert-OH is 1. The number of ether oxygens (including phenoxy) is 1. The maximum absolute atomic E-state index is 9.73. The topological polar surface area (TPSA) is 29.5 Å². The lowest BCUT2D eigenvalue weighted by molar-refractivity contribution is 0.178. The van der Waals surface area contributed by atoms with E-state index in [2.05, 4.69) is 0 Å². The van der Waals surface area contributed by atoms with E-state index in [0.717, 1.165) is 17.9 Å². The number of benzene rings is 1. The van der Waals surface area contributed by atoms with Crippen LogP contribution >= 0.6 is 11.6 Å². The molecule has 100 valence electrons. The van der Waals surface area contributed by atoms with Crippen molar-refractivity contribution in [2.24, 2.45) is 5.92 Å². The Labute approximate surface area is 114 Å². The first-order valence-electron chi connectivity index (χ1n) is 6.77. The van der Waals surface area contributed by atoms with Crippen molar-refractivity contribution < 1.29 is 9.84 Å². The highest BCUT2D eigenvalue weighted by Crippen LogP contribution is 2.30. The van der Waals surface area contributed by atoms with E-state index >= 15 is 0 Å². The molecule has 1 aliphatic carbocycles. The normalized spacial score (nSPS) is 18.6. The lowest BCUT2D eigenvalue weighted by atomic mass is 9.90. The van der Waals surface area contributed by atoms with Crippen molar-refractivity contribution in [1.82, 2.24) is 0 Å². The molecule has 0 bridgehead atoms. The Morgan fingerprint density at radius 3 is 2.72 bits per heavy atom. The van der Waals surface area contributed by atoms with Crippen LogP contribution in [0.25, 0.3) is 0 Å². The molecule has 2 nitrogen and oxygen atoms in total. The van der Waals surface area contributed by atoms with Crippen LogP contribution in [0.15, 0.2) is 18.2 Å². The number of hydrogen-bond donors (Lipinski definition) is 1. The van der Waals surface area contributed by atoms with Crippen LogP contribution in [0.4, 0.5) is 0 Å². The molecule has 0 heterocycles. The summed E-state index contributed by atoms with van der Waals surface area (Å²) < 4.78 is 5.87. The average molecular weight is 269 g/mol. The Morgan fingerprint density at radius 2 is 2.06 bits per heavy atom. The van der Waals surface area contributed by atoms with Crippen LogP contribution in [0.5, 0.6) is 5.75 Å². The molecule has 0 unspecified atom stereocenters. The summed E-state index contributed by atoms with van der Waals surface area (Å²) in [6.07, 6.45) is 5.96. The maximum atomic E-state index is 9.73. The second kappa shape index (κ2) is 6.44. The van der Waals surface area contributed by atoms with Crippen LogP contribution in [0, 0.1) is 5.92 Å². The van der Waals surface area contributed by atoms with Gasteiger partial charge in [-0.25, -0.2) is 0 Å². The van der Waals surface area contributed by atoms with E-state index in [-0.39, 0.29) is 0 Å². The van der Waals surface area contributed by atoms with Gasteiger partial charge in [0.25, 0.3) is 0 Å². The fourth-order valence-electron chi connectivity index (χ4n) is 2.54. The Hall–Kier alpha value is -0.730. The molecule has 0 aliphatic heterocycles. The van der Waals surface area contributed by atoms with Crippen molar-refractivity contribution in [3.8, 4) is 5.75 Å². The van der Waals surface area contributed by atoms with Gasteiger partial charge < -0.3 is 9.84 Å². The van der Waals surface area contributed by atoms with Gasteiger partial charge in [0.2, 0.25) is 0 Å². The zero-order valence-electron chi connectivity index (χ0n) is 10.9. The van der Waals surface area contributed by atoms with Crippen molar-refractivity contribution in [3.63, 3.8) is 0 Å². The number of aliphatic hydroxyl groups is 1. The molecule has 2 rings (SSSR count). The number of halogens is 1. The smallest absolute Gasteiger partial charge is 0.125 e. The summed E-state index contributed by atoms with van der Waals surface area (Å²) in [6.45, 7) is 2.49. The Balaban J connectivity index is 1.99. The van der Waals surface area contributed by atoms with Crippen LogP contribution in [0.2, 0.25) is 5.02 Å². The van der Waals surface area contributed by atoms with Gasteiger partial charge in [-0.2, -0.15) is 0 Å². The molecule has 3 heteroatoms. The predicted molar refractivity (Wildman–Crippen MR) is 74.2 cm³/mol. The average Bonchev–Trinajstić information content (AvgIpc) is 2.38. The van der Waals surface area contributed by atoms with E-state index in [9.17, 15) is 5.11 Å². The largest absolute Gasteiger partial charge is 0.493 e. The second-order valence-corrected chi connectivity index (χ2v) is 5.61. The molecule has 0 amide bonds. The third kappa shape index (κ3) is 3.63. The lowest BCUT2D eigenvalue weighted by Crippen LogP contribution is -2.16. The van der Waals surface area contributed by atoms with Gasteiger partial charge in [0, 0.05) is 10.6 Å². The molecule has 0 aromatic heterocycles. The van der Waals surface area contributed by atoms with Crippen molar-refractivity contribution >= 4 is 11.6 Å². The van der Waals surface area contributed by atoms with E-state index < -0.39 is 6.10 Å². The molecule has 1 aromatic rings. The van der Waals surface area contributed by atoms with Gasteiger partial charge in [-0.05, 0) is 43.9 Å². The Bertz CT molecular complexity index is 384. The molecule has 1 atom stereocenters. The highest BCUT2D eigenvalue weighted by atomic mass is 35.5. The van der Waals surface area contributed by atoms with Crippen LogP contribution in [0.3, 0.4) is 0 Å². The molecule has 1 aromatic carbocycles. The molecule has 0 saturated heterocycles. The van der Waals surface area contributed by atoms with E-state index in [1.54, 1.807) is 13.0 Å². The van der Waals surface area contributed by atoms with Crippen molar-refractivity contribution in [1.29, 1.82) is 0 Å². The SMILES string of the molecule is C[C@@H](O)c1cc(Cl)ccc1OCC1CCCCC1. The lowest BCUT2D eigenvalue weighted by Gasteiger charge is -2.23. The molecule has 0 spiro atoms. The first-order valence-corrected chi connectivity index (χ1v) is 7.15. The molecule has 18 heavy (non-hydrogen) atoms. The van der Waals surface area contributed by atoms with Gasteiger partial charge in [0.1, 0.15) is 5.75 Å². The summed E-state index contributed by atoms with van der Waals surface area (Å²) >= 11 is 5.94. The highest BCUT2D eigenvalue weighted by molar-refractivity contribution is 6.30. The third-order valence-electron chi connectivity index (χ3n) is 3.62. The maximum Gasteiger partial charge on any atom is 0.125 e. The van der Waals surface area contributed by atoms with Gasteiger partial charge in [-0.1, -0.05) is 30.9 Å². The van der Waals surface area contributed by atoms with Crippen LogP contribution < -0.4 is 4.74 Å². The Kier molecular flexibility index (Phi) is 4.90. The van der Waals surface area contributed by atoms with Gasteiger partial charge in [0.15, 0.2) is 0 Å². The number of rotatable bonds is 4. The van der Waals surface area contributed by atoms with Gasteiger partial charge in [-0.3, -0.25) is 0 Å². The minimum absolute atomic E-state index is 0.551. The molecule has 1 aliphatic rings.